The van der Waals surface area contributed by atoms with Gasteiger partial charge in [0, 0.05) is 25.4 Å². The molecule has 1 fully saturated rings. The minimum absolute atomic E-state index is 0.0405. The fourth-order valence-corrected chi connectivity index (χ4v) is 2.99. The maximum atomic E-state index is 11.5. The number of ether oxygens (including phenoxy) is 1. The minimum Gasteiger partial charge on any atom is -0.397 e. The van der Waals surface area contributed by atoms with Crippen LogP contribution in [0.15, 0.2) is 12.1 Å². The Morgan fingerprint density at radius 1 is 1.50 bits per heavy atom. The minimum atomic E-state index is 0.0405. The Hall–Kier alpha value is -1.75. The van der Waals surface area contributed by atoms with Gasteiger partial charge in [0.25, 0.3) is 0 Å². The molecule has 2 heterocycles. The van der Waals surface area contributed by atoms with Gasteiger partial charge in [-0.25, -0.2) is 0 Å². The number of fused-ring (bicyclic) bond motifs is 1. The summed E-state index contributed by atoms with van der Waals surface area (Å²) in [5.74, 6) is 0.0405. The van der Waals surface area contributed by atoms with E-state index in [1.807, 2.05) is 12.1 Å². The number of nitrogen functional groups attached to an aromatic ring is 1. The predicted octanol–water partition coefficient (Wildman–Crippen LogP) is 1.77. The van der Waals surface area contributed by atoms with Crippen molar-refractivity contribution in [3.05, 3.63) is 17.7 Å². The molecule has 1 amide bonds. The van der Waals surface area contributed by atoms with Crippen molar-refractivity contribution >= 4 is 23.0 Å². The molecule has 108 valence electrons. The van der Waals surface area contributed by atoms with E-state index in [2.05, 4.69) is 17.1 Å². The first-order chi connectivity index (χ1) is 9.67. The van der Waals surface area contributed by atoms with E-state index in [4.69, 9.17) is 10.5 Å². The third-order valence-corrected chi connectivity index (χ3v) is 4.05. The summed E-state index contributed by atoms with van der Waals surface area (Å²) in [6.07, 6.45) is 2.96. The van der Waals surface area contributed by atoms with Gasteiger partial charge < -0.3 is 20.7 Å². The Morgan fingerprint density at radius 2 is 2.35 bits per heavy atom. The van der Waals surface area contributed by atoms with E-state index in [0.29, 0.717) is 6.42 Å². The van der Waals surface area contributed by atoms with Crippen LogP contribution in [0.5, 0.6) is 0 Å². The molecule has 5 nitrogen and oxygen atoms in total. The predicted molar refractivity (Wildman–Crippen MR) is 80.0 cm³/mol. The molecule has 0 saturated carbocycles. The fraction of sp³-hybridized carbons (Fsp3) is 0.533. The topological polar surface area (TPSA) is 67.6 Å². The molecule has 1 unspecified atom stereocenters. The van der Waals surface area contributed by atoms with Gasteiger partial charge in [0.05, 0.1) is 23.9 Å². The lowest BCUT2D eigenvalue weighted by molar-refractivity contribution is -0.115. The number of likely N-dealkylation sites (N-methyl/N-ethyl adjacent to an activating group) is 1. The lowest BCUT2D eigenvalue weighted by atomic mass is 10.1. The molecule has 0 radical (unpaired) electrons. The highest BCUT2D eigenvalue weighted by molar-refractivity contribution is 6.00. The number of nitrogens with zero attached hydrogens (tertiary/aromatic N) is 1. The van der Waals surface area contributed by atoms with Gasteiger partial charge in [-0.3, -0.25) is 4.79 Å². The van der Waals surface area contributed by atoms with Crippen LogP contribution in [-0.2, 0) is 16.0 Å². The number of anilines is 3. The lowest BCUT2D eigenvalue weighted by Crippen LogP contribution is -2.32. The largest absolute Gasteiger partial charge is 0.397 e. The lowest BCUT2D eigenvalue weighted by Gasteiger charge is -2.27. The number of nitrogens with two attached hydrogens (primary N) is 1. The van der Waals surface area contributed by atoms with Crippen molar-refractivity contribution in [1.29, 1.82) is 0 Å². The van der Waals surface area contributed by atoms with E-state index in [1.165, 1.54) is 0 Å². The quantitative estimate of drug-likeness (QED) is 0.822. The second kappa shape index (κ2) is 5.32. The Bertz CT molecular complexity index is 524. The standard InChI is InChI=1S/C15H21N3O2/c1-2-18(9-11-4-3-5-20-11)14-8-13-10(6-12(14)16)7-15(19)17-13/h6,8,11H,2-5,7,9,16H2,1H3,(H,17,19). The number of nitrogens with one attached hydrogen (secondary N) is 1. The first-order valence-electron chi connectivity index (χ1n) is 7.26. The van der Waals surface area contributed by atoms with Crippen molar-refractivity contribution in [3.63, 3.8) is 0 Å². The third kappa shape index (κ3) is 2.45. The van der Waals surface area contributed by atoms with Crippen LogP contribution in [0.2, 0.25) is 0 Å². The van der Waals surface area contributed by atoms with E-state index in [0.717, 1.165) is 55.2 Å². The average Bonchev–Trinajstić information content (AvgIpc) is 3.03. The summed E-state index contributed by atoms with van der Waals surface area (Å²) in [4.78, 5) is 13.7. The summed E-state index contributed by atoms with van der Waals surface area (Å²) < 4.78 is 5.70. The number of hydrogen-bond acceptors (Lipinski definition) is 4. The molecule has 0 aromatic heterocycles. The van der Waals surface area contributed by atoms with Gasteiger partial charge in [-0.1, -0.05) is 0 Å². The number of amides is 1. The molecule has 3 rings (SSSR count). The van der Waals surface area contributed by atoms with Crippen LogP contribution in [0.4, 0.5) is 17.1 Å². The Labute approximate surface area is 119 Å². The van der Waals surface area contributed by atoms with E-state index < -0.39 is 0 Å². The van der Waals surface area contributed by atoms with Crippen LogP contribution in [0.25, 0.3) is 0 Å². The highest BCUT2D eigenvalue weighted by atomic mass is 16.5. The van der Waals surface area contributed by atoms with Crippen molar-refractivity contribution in [2.24, 2.45) is 0 Å². The monoisotopic (exact) mass is 275 g/mol. The van der Waals surface area contributed by atoms with Gasteiger partial charge in [0.2, 0.25) is 5.91 Å². The van der Waals surface area contributed by atoms with Gasteiger partial charge in [0.1, 0.15) is 0 Å². The Kier molecular flexibility index (Phi) is 3.53. The maximum Gasteiger partial charge on any atom is 0.228 e. The molecule has 3 N–H and O–H groups in total. The van der Waals surface area contributed by atoms with Crippen LogP contribution < -0.4 is 16.0 Å². The summed E-state index contributed by atoms with van der Waals surface area (Å²) in [6.45, 7) is 4.70. The number of benzene rings is 1. The second-order valence-electron chi connectivity index (χ2n) is 5.47. The first-order valence-corrected chi connectivity index (χ1v) is 7.26. The average molecular weight is 275 g/mol. The van der Waals surface area contributed by atoms with E-state index in [-0.39, 0.29) is 12.0 Å². The zero-order valence-electron chi connectivity index (χ0n) is 11.8. The maximum absolute atomic E-state index is 11.5. The molecule has 2 aliphatic heterocycles. The fourth-order valence-electron chi connectivity index (χ4n) is 2.99. The molecular weight excluding hydrogens is 254 g/mol. The van der Waals surface area contributed by atoms with Crippen LogP contribution in [0.1, 0.15) is 25.3 Å². The molecule has 1 aromatic carbocycles. The van der Waals surface area contributed by atoms with E-state index in [1.54, 1.807) is 0 Å². The molecule has 0 aliphatic carbocycles. The summed E-state index contributed by atoms with van der Waals surface area (Å²) in [5.41, 5.74) is 9.78. The molecule has 0 spiro atoms. The highest BCUT2D eigenvalue weighted by Gasteiger charge is 2.23. The van der Waals surface area contributed by atoms with Gasteiger partial charge in [-0.2, -0.15) is 0 Å². The zero-order valence-corrected chi connectivity index (χ0v) is 11.8. The summed E-state index contributed by atoms with van der Waals surface area (Å²) in [5, 5.41) is 2.89. The summed E-state index contributed by atoms with van der Waals surface area (Å²) in [7, 11) is 0. The van der Waals surface area contributed by atoms with Crippen molar-refractivity contribution in [1.82, 2.24) is 0 Å². The zero-order chi connectivity index (χ0) is 14.1. The Morgan fingerprint density at radius 3 is 3.05 bits per heavy atom. The van der Waals surface area contributed by atoms with Crippen molar-refractivity contribution in [2.45, 2.75) is 32.3 Å². The molecule has 20 heavy (non-hydrogen) atoms. The highest BCUT2D eigenvalue weighted by Crippen LogP contribution is 2.34. The van der Waals surface area contributed by atoms with E-state index in [9.17, 15) is 4.79 Å². The van der Waals surface area contributed by atoms with Crippen LogP contribution in [0.3, 0.4) is 0 Å². The number of carbonyl (C=O) groups is 1. The second-order valence-corrected chi connectivity index (χ2v) is 5.47. The Balaban J connectivity index is 1.84. The summed E-state index contributed by atoms with van der Waals surface area (Å²) >= 11 is 0. The summed E-state index contributed by atoms with van der Waals surface area (Å²) in [6, 6.07) is 3.91. The normalized spacial score (nSPS) is 20.9. The van der Waals surface area contributed by atoms with Crippen LogP contribution in [0, 0.1) is 0 Å². The number of rotatable bonds is 4. The molecule has 5 heteroatoms. The third-order valence-electron chi connectivity index (χ3n) is 4.05. The molecule has 1 atom stereocenters. The van der Waals surface area contributed by atoms with Crippen molar-refractivity contribution in [3.8, 4) is 0 Å². The van der Waals surface area contributed by atoms with Crippen LogP contribution in [-0.4, -0.2) is 31.7 Å². The van der Waals surface area contributed by atoms with Crippen molar-refractivity contribution < 1.29 is 9.53 Å². The number of hydrogen-bond donors (Lipinski definition) is 2. The van der Waals surface area contributed by atoms with Gasteiger partial charge in [-0.15, -0.1) is 0 Å². The molecule has 2 aliphatic rings. The number of carbonyl (C=O) groups excluding carboxylic acids is 1. The molecular formula is C15H21N3O2. The molecule has 1 aromatic rings. The van der Waals surface area contributed by atoms with Gasteiger partial charge >= 0.3 is 0 Å². The van der Waals surface area contributed by atoms with Crippen molar-refractivity contribution in [2.75, 3.05) is 35.6 Å². The smallest absolute Gasteiger partial charge is 0.228 e. The first kappa shape index (κ1) is 13.2. The van der Waals surface area contributed by atoms with E-state index >= 15 is 0 Å². The molecule has 1 saturated heterocycles. The molecule has 0 bridgehead atoms. The van der Waals surface area contributed by atoms with Gasteiger partial charge in [-0.05, 0) is 37.5 Å². The van der Waals surface area contributed by atoms with Gasteiger partial charge in [0.15, 0.2) is 0 Å². The van der Waals surface area contributed by atoms with Crippen LogP contribution >= 0.6 is 0 Å². The SMILES string of the molecule is CCN(CC1CCCO1)c1cc2c(cc1N)CC(=O)N2.